The molecule has 0 aliphatic rings. The van der Waals surface area contributed by atoms with E-state index in [9.17, 15) is 10.1 Å². The standard InChI is InChI=1S/C14H17ClN4O2S/c1-14(2,3)13-18-10(8-22-13)4-5-16-12-11(19(20)21)6-9(15)7-17-12/h6-8H,4-5H2,1-3H3,(H,16,17). The molecule has 0 bridgehead atoms. The summed E-state index contributed by atoms with van der Waals surface area (Å²) in [5.41, 5.74) is 0.882. The zero-order valence-electron chi connectivity index (χ0n) is 12.6. The van der Waals surface area contributed by atoms with Crippen LogP contribution in [0.1, 0.15) is 31.5 Å². The second-order valence-electron chi connectivity index (χ2n) is 5.85. The second kappa shape index (κ2) is 6.58. The van der Waals surface area contributed by atoms with Crippen LogP contribution in [0.25, 0.3) is 0 Å². The molecule has 118 valence electrons. The maximum Gasteiger partial charge on any atom is 0.312 e. The van der Waals surface area contributed by atoms with E-state index in [-0.39, 0.29) is 21.9 Å². The molecule has 0 aliphatic heterocycles. The molecule has 0 saturated heterocycles. The molecule has 0 aromatic carbocycles. The summed E-state index contributed by atoms with van der Waals surface area (Å²) in [6, 6.07) is 1.29. The predicted molar refractivity (Wildman–Crippen MR) is 88.9 cm³/mol. The monoisotopic (exact) mass is 340 g/mol. The van der Waals surface area contributed by atoms with Gasteiger partial charge in [0.05, 0.1) is 20.6 Å². The summed E-state index contributed by atoms with van der Waals surface area (Å²) in [6.45, 7) is 6.88. The third kappa shape index (κ3) is 4.14. The number of aromatic nitrogens is 2. The van der Waals surface area contributed by atoms with Gasteiger partial charge in [-0.1, -0.05) is 32.4 Å². The number of hydrogen-bond donors (Lipinski definition) is 1. The van der Waals surface area contributed by atoms with Crippen molar-refractivity contribution in [3.63, 3.8) is 0 Å². The molecule has 0 unspecified atom stereocenters. The van der Waals surface area contributed by atoms with Crippen LogP contribution < -0.4 is 5.32 Å². The van der Waals surface area contributed by atoms with Gasteiger partial charge in [0.2, 0.25) is 5.82 Å². The predicted octanol–water partition coefficient (Wildman–Crippen LogP) is 4.05. The molecule has 0 fully saturated rings. The lowest BCUT2D eigenvalue weighted by Crippen LogP contribution is -2.12. The van der Waals surface area contributed by atoms with Crippen LogP contribution in [0.5, 0.6) is 0 Å². The van der Waals surface area contributed by atoms with Crippen molar-refractivity contribution >= 4 is 34.4 Å². The Hall–Kier alpha value is -1.73. The number of nitrogens with zero attached hydrogens (tertiary/aromatic N) is 3. The van der Waals surface area contributed by atoms with Crippen molar-refractivity contribution < 1.29 is 4.92 Å². The quantitative estimate of drug-likeness (QED) is 0.656. The molecule has 22 heavy (non-hydrogen) atoms. The Labute approximate surface area is 137 Å². The van der Waals surface area contributed by atoms with Gasteiger partial charge < -0.3 is 5.32 Å². The summed E-state index contributed by atoms with van der Waals surface area (Å²) in [4.78, 5) is 19.0. The fourth-order valence-electron chi connectivity index (χ4n) is 1.78. The van der Waals surface area contributed by atoms with E-state index in [0.717, 1.165) is 10.7 Å². The smallest absolute Gasteiger partial charge is 0.312 e. The molecule has 0 atom stereocenters. The maximum absolute atomic E-state index is 11.0. The number of thiazole rings is 1. The first kappa shape index (κ1) is 16.6. The molecule has 2 aromatic heterocycles. The molecular weight excluding hydrogens is 324 g/mol. The molecule has 0 aliphatic carbocycles. The van der Waals surface area contributed by atoms with E-state index in [0.29, 0.717) is 13.0 Å². The van der Waals surface area contributed by atoms with Crippen molar-refractivity contribution in [3.05, 3.63) is 43.5 Å². The van der Waals surface area contributed by atoms with E-state index in [1.54, 1.807) is 11.3 Å². The summed E-state index contributed by atoms with van der Waals surface area (Å²) in [7, 11) is 0. The van der Waals surface area contributed by atoms with E-state index in [1.165, 1.54) is 12.3 Å². The van der Waals surface area contributed by atoms with Crippen molar-refractivity contribution in [2.24, 2.45) is 0 Å². The van der Waals surface area contributed by atoms with Gasteiger partial charge in [0.25, 0.3) is 0 Å². The molecule has 0 amide bonds. The van der Waals surface area contributed by atoms with Gasteiger partial charge in [-0.05, 0) is 0 Å². The molecule has 2 rings (SSSR count). The average Bonchev–Trinajstić information content (AvgIpc) is 2.89. The number of pyridine rings is 1. The lowest BCUT2D eigenvalue weighted by Gasteiger charge is -2.13. The van der Waals surface area contributed by atoms with Gasteiger partial charge in [-0.15, -0.1) is 11.3 Å². The lowest BCUT2D eigenvalue weighted by molar-refractivity contribution is -0.384. The van der Waals surface area contributed by atoms with Gasteiger partial charge in [-0.25, -0.2) is 9.97 Å². The first-order chi connectivity index (χ1) is 10.3. The fraction of sp³-hybridized carbons (Fsp3) is 0.429. The van der Waals surface area contributed by atoms with Crippen LogP contribution in [0.15, 0.2) is 17.6 Å². The summed E-state index contributed by atoms with van der Waals surface area (Å²) < 4.78 is 0. The Morgan fingerprint density at radius 3 is 2.77 bits per heavy atom. The van der Waals surface area contributed by atoms with Crippen molar-refractivity contribution in [1.82, 2.24) is 9.97 Å². The molecule has 0 radical (unpaired) electrons. The Morgan fingerprint density at radius 1 is 1.45 bits per heavy atom. The number of rotatable bonds is 5. The van der Waals surface area contributed by atoms with E-state index in [1.807, 2.05) is 5.38 Å². The van der Waals surface area contributed by atoms with Crippen LogP contribution in [0.3, 0.4) is 0 Å². The van der Waals surface area contributed by atoms with Crippen molar-refractivity contribution in [2.45, 2.75) is 32.6 Å². The van der Waals surface area contributed by atoms with Crippen molar-refractivity contribution in [1.29, 1.82) is 0 Å². The van der Waals surface area contributed by atoms with Gasteiger partial charge in [0, 0.05) is 36.0 Å². The Balaban J connectivity index is 2.00. The van der Waals surface area contributed by atoms with Gasteiger partial charge in [0.1, 0.15) is 0 Å². The van der Waals surface area contributed by atoms with E-state index in [4.69, 9.17) is 11.6 Å². The van der Waals surface area contributed by atoms with Crippen LogP contribution in [0, 0.1) is 10.1 Å². The minimum atomic E-state index is -0.498. The van der Waals surface area contributed by atoms with Crippen LogP contribution in [0.2, 0.25) is 5.02 Å². The zero-order chi connectivity index (χ0) is 16.3. The maximum atomic E-state index is 11.0. The van der Waals surface area contributed by atoms with Gasteiger partial charge in [0.15, 0.2) is 0 Å². The minimum absolute atomic E-state index is 0.0346. The van der Waals surface area contributed by atoms with Crippen molar-refractivity contribution in [3.8, 4) is 0 Å². The summed E-state index contributed by atoms with van der Waals surface area (Å²) in [5.74, 6) is 0.223. The Morgan fingerprint density at radius 2 is 2.18 bits per heavy atom. The molecule has 2 heterocycles. The molecule has 2 aromatic rings. The minimum Gasteiger partial charge on any atom is -0.364 e. The van der Waals surface area contributed by atoms with Crippen LogP contribution in [-0.2, 0) is 11.8 Å². The molecule has 0 spiro atoms. The molecular formula is C14H17ClN4O2S. The molecule has 8 heteroatoms. The fourth-order valence-corrected chi connectivity index (χ4v) is 2.87. The number of anilines is 1. The Bertz CT molecular complexity index is 682. The lowest BCUT2D eigenvalue weighted by atomic mass is 9.98. The van der Waals surface area contributed by atoms with Gasteiger partial charge >= 0.3 is 5.69 Å². The largest absolute Gasteiger partial charge is 0.364 e. The van der Waals surface area contributed by atoms with E-state index < -0.39 is 4.92 Å². The van der Waals surface area contributed by atoms with Gasteiger partial charge in [-0.3, -0.25) is 10.1 Å². The number of nitrogens with one attached hydrogen (secondary N) is 1. The van der Waals surface area contributed by atoms with E-state index >= 15 is 0 Å². The summed E-state index contributed by atoms with van der Waals surface area (Å²) in [6.07, 6.45) is 2.06. The highest BCUT2D eigenvalue weighted by Crippen LogP contribution is 2.27. The first-order valence-electron chi connectivity index (χ1n) is 6.76. The topological polar surface area (TPSA) is 81.0 Å². The molecule has 6 nitrogen and oxygen atoms in total. The first-order valence-corrected chi connectivity index (χ1v) is 8.02. The van der Waals surface area contributed by atoms with Gasteiger partial charge in [-0.2, -0.15) is 0 Å². The van der Waals surface area contributed by atoms with Crippen LogP contribution >= 0.6 is 22.9 Å². The Kier molecular flexibility index (Phi) is 4.97. The zero-order valence-corrected chi connectivity index (χ0v) is 14.2. The normalized spacial score (nSPS) is 11.5. The highest BCUT2D eigenvalue weighted by molar-refractivity contribution is 7.09. The molecule has 0 saturated carbocycles. The summed E-state index contributed by atoms with van der Waals surface area (Å²) >= 11 is 7.37. The van der Waals surface area contributed by atoms with Crippen LogP contribution in [-0.4, -0.2) is 21.4 Å². The van der Waals surface area contributed by atoms with Crippen LogP contribution in [0.4, 0.5) is 11.5 Å². The van der Waals surface area contributed by atoms with Crippen molar-refractivity contribution in [2.75, 3.05) is 11.9 Å². The third-order valence-electron chi connectivity index (χ3n) is 2.90. The molecule has 1 N–H and O–H groups in total. The second-order valence-corrected chi connectivity index (χ2v) is 7.14. The number of hydrogen-bond acceptors (Lipinski definition) is 6. The number of nitro groups is 1. The van der Waals surface area contributed by atoms with E-state index in [2.05, 4.69) is 36.1 Å². The third-order valence-corrected chi connectivity index (χ3v) is 4.42. The average molecular weight is 341 g/mol. The summed E-state index contributed by atoms with van der Waals surface area (Å²) in [5, 5.41) is 17.3. The SMILES string of the molecule is CC(C)(C)c1nc(CCNc2ncc(Cl)cc2[N+](=O)[O-])cs1. The number of halogens is 1. The highest BCUT2D eigenvalue weighted by Gasteiger charge is 2.18. The highest BCUT2D eigenvalue weighted by atomic mass is 35.5.